The summed E-state index contributed by atoms with van der Waals surface area (Å²) in [5, 5.41) is 2.58. The molecule has 3 rings (SSSR count). The van der Waals surface area contributed by atoms with Crippen molar-refractivity contribution in [1.82, 2.24) is 10.2 Å². The Morgan fingerprint density at radius 1 is 1.03 bits per heavy atom. The number of carbonyl (C=O) groups excluding carboxylic acids is 4. The van der Waals surface area contributed by atoms with E-state index >= 15 is 0 Å². The molecule has 0 radical (unpaired) electrons. The van der Waals surface area contributed by atoms with Crippen LogP contribution in [0.2, 0.25) is 0 Å². The summed E-state index contributed by atoms with van der Waals surface area (Å²) in [5.74, 6) is -1.45. The van der Waals surface area contributed by atoms with Crippen LogP contribution in [-0.2, 0) is 19.1 Å². The molecule has 36 heavy (non-hydrogen) atoms. The van der Waals surface area contributed by atoms with Gasteiger partial charge < -0.3 is 19.7 Å². The lowest BCUT2D eigenvalue weighted by atomic mass is 9.86. The van der Waals surface area contributed by atoms with E-state index in [4.69, 9.17) is 9.47 Å². The molecule has 1 N–H and O–H groups in total. The van der Waals surface area contributed by atoms with Crippen molar-refractivity contribution in [3.05, 3.63) is 60.2 Å². The highest BCUT2D eigenvalue weighted by Gasteiger charge is 2.34. The van der Waals surface area contributed by atoms with Gasteiger partial charge in [-0.3, -0.25) is 4.79 Å². The highest BCUT2D eigenvalue weighted by atomic mass is 16.6. The first kappa shape index (κ1) is 27.2. The lowest BCUT2D eigenvalue weighted by molar-refractivity contribution is -0.142. The molecule has 2 aliphatic rings. The van der Waals surface area contributed by atoms with Crippen molar-refractivity contribution in [1.29, 1.82) is 0 Å². The quantitative estimate of drug-likeness (QED) is 0.466. The molecular formula is C28H36N2O6. The van der Waals surface area contributed by atoms with Crippen molar-refractivity contribution < 1.29 is 28.7 Å². The maximum Gasteiger partial charge on any atom is 0.408 e. The van der Waals surface area contributed by atoms with Crippen LogP contribution in [0.15, 0.2) is 54.6 Å². The molecule has 2 unspecified atom stereocenters. The van der Waals surface area contributed by atoms with E-state index in [9.17, 15) is 19.2 Å². The maximum atomic E-state index is 13.0. The summed E-state index contributed by atoms with van der Waals surface area (Å²) in [5.41, 5.74) is -0.501. The van der Waals surface area contributed by atoms with Gasteiger partial charge in [0.1, 0.15) is 11.6 Å². The van der Waals surface area contributed by atoms with E-state index in [-0.39, 0.29) is 35.6 Å². The number of amides is 2. The summed E-state index contributed by atoms with van der Waals surface area (Å²) in [6.45, 7) is 8.35. The van der Waals surface area contributed by atoms with Crippen LogP contribution in [0.25, 0.3) is 0 Å². The Kier molecular flexibility index (Phi) is 9.07. The molecule has 1 fully saturated rings. The largest absolute Gasteiger partial charge is 0.444 e. The minimum Gasteiger partial charge on any atom is -0.444 e. The molecule has 0 saturated carbocycles. The average molecular weight is 497 g/mol. The third kappa shape index (κ3) is 7.80. The van der Waals surface area contributed by atoms with E-state index in [1.807, 2.05) is 36.1 Å². The van der Waals surface area contributed by atoms with Gasteiger partial charge in [-0.25, -0.2) is 14.4 Å². The standard InChI is InChI=1S/C28H36N2O6/c1-19-10-8-9-13-22(19)24(31)30-16-14-20(15-17-30)18-23(29-27(34)36-28(2,3)4)26(33)35-25(32)21-11-6-5-7-12-21/h5-13,19-20,22-23H,14-18H2,1-4H3,(H,29,34)/t19?,22?,23-/m0/s1. The van der Waals surface area contributed by atoms with Gasteiger partial charge in [0.2, 0.25) is 5.91 Å². The molecule has 1 aliphatic carbocycles. The Morgan fingerprint density at radius 3 is 2.28 bits per heavy atom. The van der Waals surface area contributed by atoms with E-state index in [2.05, 4.69) is 5.32 Å². The molecule has 1 aliphatic heterocycles. The summed E-state index contributed by atoms with van der Waals surface area (Å²) >= 11 is 0. The van der Waals surface area contributed by atoms with Gasteiger partial charge in [-0.2, -0.15) is 0 Å². The number of carbonyl (C=O) groups is 4. The molecule has 1 aromatic carbocycles. The predicted octanol–water partition coefficient (Wildman–Crippen LogP) is 4.27. The van der Waals surface area contributed by atoms with Gasteiger partial charge in [-0.15, -0.1) is 0 Å². The van der Waals surface area contributed by atoms with Crippen molar-refractivity contribution >= 4 is 23.9 Å². The smallest absolute Gasteiger partial charge is 0.408 e. The third-order valence-electron chi connectivity index (χ3n) is 6.37. The molecule has 3 atom stereocenters. The SMILES string of the molecule is CC1C=CC=CC1C(=O)N1CCC(C[C@H](NC(=O)OC(C)(C)C)C(=O)OC(=O)c2ccccc2)CC1. The van der Waals surface area contributed by atoms with Crippen molar-refractivity contribution in [2.45, 2.75) is 58.6 Å². The summed E-state index contributed by atoms with van der Waals surface area (Å²) in [4.78, 5) is 52.6. The second kappa shape index (κ2) is 12.0. The number of piperidine rings is 1. The van der Waals surface area contributed by atoms with E-state index in [0.717, 1.165) is 0 Å². The number of rotatable bonds is 6. The molecule has 1 aromatic rings. The third-order valence-corrected chi connectivity index (χ3v) is 6.37. The van der Waals surface area contributed by atoms with E-state index in [1.54, 1.807) is 51.1 Å². The highest BCUT2D eigenvalue weighted by molar-refractivity contribution is 5.98. The zero-order chi connectivity index (χ0) is 26.3. The minimum atomic E-state index is -1.05. The molecule has 194 valence electrons. The van der Waals surface area contributed by atoms with Crippen LogP contribution in [0.4, 0.5) is 4.79 Å². The zero-order valence-electron chi connectivity index (χ0n) is 21.4. The number of alkyl carbamates (subject to hydrolysis) is 1. The first-order chi connectivity index (χ1) is 17.0. The van der Waals surface area contributed by atoms with Crippen LogP contribution in [0.5, 0.6) is 0 Å². The van der Waals surface area contributed by atoms with Gasteiger partial charge in [0.25, 0.3) is 0 Å². The average Bonchev–Trinajstić information content (AvgIpc) is 2.83. The molecule has 8 heteroatoms. The number of ether oxygens (including phenoxy) is 2. The summed E-state index contributed by atoms with van der Waals surface area (Å²) < 4.78 is 10.4. The number of benzene rings is 1. The molecule has 1 heterocycles. The van der Waals surface area contributed by atoms with E-state index in [0.29, 0.717) is 25.9 Å². The second-order valence-electron chi connectivity index (χ2n) is 10.4. The molecule has 0 bridgehead atoms. The van der Waals surface area contributed by atoms with E-state index < -0.39 is 29.7 Å². The fraction of sp³-hybridized carbons (Fsp3) is 0.500. The van der Waals surface area contributed by atoms with Crippen LogP contribution in [-0.4, -0.2) is 53.6 Å². The van der Waals surface area contributed by atoms with Gasteiger partial charge in [0.15, 0.2) is 0 Å². The van der Waals surface area contributed by atoms with Crippen LogP contribution >= 0.6 is 0 Å². The highest BCUT2D eigenvalue weighted by Crippen LogP contribution is 2.27. The molecule has 1 saturated heterocycles. The number of allylic oxidation sites excluding steroid dienone is 3. The Hall–Kier alpha value is -3.42. The number of hydrogen-bond acceptors (Lipinski definition) is 6. The normalized spacial score (nSPS) is 20.9. The minimum absolute atomic E-state index is 0.0626. The summed E-state index contributed by atoms with van der Waals surface area (Å²) in [7, 11) is 0. The fourth-order valence-electron chi connectivity index (χ4n) is 4.42. The number of likely N-dealkylation sites (tertiary alicyclic amines) is 1. The Balaban J connectivity index is 1.61. The molecular weight excluding hydrogens is 460 g/mol. The first-order valence-electron chi connectivity index (χ1n) is 12.5. The van der Waals surface area contributed by atoms with Gasteiger partial charge in [-0.1, -0.05) is 49.4 Å². The van der Waals surface area contributed by atoms with Crippen LogP contribution < -0.4 is 5.32 Å². The zero-order valence-corrected chi connectivity index (χ0v) is 21.4. The van der Waals surface area contributed by atoms with Gasteiger partial charge >= 0.3 is 18.0 Å². The van der Waals surface area contributed by atoms with Gasteiger partial charge in [0, 0.05) is 13.1 Å². The second-order valence-corrected chi connectivity index (χ2v) is 10.4. The number of esters is 2. The van der Waals surface area contributed by atoms with E-state index in [1.165, 1.54) is 0 Å². The van der Waals surface area contributed by atoms with Crippen molar-refractivity contribution in [2.75, 3.05) is 13.1 Å². The molecule has 8 nitrogen and oxygen atoms in total. The van der Waals surface area contributed by atoms with Gasteiger partial charge in [0.05, 0.1) is 11.5 Å². The lowest BCUT2D eigenvalue weighted by Gasteiger charge is -2.36. The van der Waals surface area contributed by atoms with Crippen molar-refractivity contribution in [3.8, 4) is 0 Å². The summed E-state index contributed by atoms with van der Waals surface area (Å²) in [6.07, 6.45) is 8.73. The maximum absolute atomic E-state index is 13.0. The predicted molar refractivity (Wildman–Crippen MR) is 135 cm³/mol. The molecule has 0 spiro atoms. The monoisotopic (exact) mass is 496 g/mol. The Morgan fingerprint density at radius 2 is 1.67 bits per heavy atom. The molecule has 2 amide bonds. The molecule has 0 aromatic heterocycles. The van der Waals surface area contributed by atoms with Crippen LogP contribution in [0, 0.1) is 17.8 Å². The first-order valence-corrected chi connectivity index (χ1v) is 12.5. The van der Waals surface area contributed by atoms with Crippen molar-refractivity contribution in [2.24, 2.45) is 17.8 Å². The number of hydrogen-bond donors (Lipinski definition) is 1. The van der Waals surface area contributed by atoms with Crippen LogP contribution in [0.1, 0.15) is 57.3 Å². The summed E-state index contributed by atoms with van der Waals surface area (Å²) in [6, 6.07) is 7.16. The lowest BCUT2D eigenvalue weighted by Crippen LogP contribution is -2.47. The van der Waals surface area contributed by atoms with Gasteiger partial charge in [-0.05, 0) is 64.0 Å². The topological polar surface area (TPSA) is 102 Å². The Labute approximate surface area is 212 Å². The number of nitrogens with zero attached hydrogens (tertiary/aromatic N) is 1. The number of nitrogens with one attached hydrogen (secondary N) is 1. The fourth-order valence-corrected chi connectivity index (χ4v) is 4.42. The van der Waals surface area contributed by atoms with Crippen molar-refractivity contribution in [3.63, 3.8) is 0 Å². The Bertz CT molecular complexity index is 1000. The van der Waals surface area contributed by atoms with Crippen LogP contribution in [0.3, 0.4) is 0 Å².